The molecule has 7 nitrogen and oxygen atoms in total. The molecule has 0 unspecified atom stereocenters. The zero-order chi connectivity index (χ0) is 24.6. The fraction of sp³-hybridized carbons (Fsp3) is 0.269. The van der Waals surface area contributed by atoms with Crippen LogP contribution in [0.2, 0.25) is 0 Å². The molecule has 1 aliphatic heterocycles. The molecule has 0 spiro atoms. The van der Waals surface area contributed by atoms with Gasteiger partial charge in [-0.05, 0) is 43.3 Å². The molecule has 35 heavy (non-hydrogen) atoms. The van der Waals surface area contributed by atoms with Crippen molar-refractivity contribution in [3.05, 3.63) is 82.1 Å². The molecule has 1 fully saturated rings. The Morgan fingerprint density at radius 2 is 1.86 bits per heavy atom. The summed E-state index contributed by atoms with van der Waals surface area (Å²) in [5, 5.41) is 5.73. The lowest BCUT2D eigenvalue weighted by molar-refractivity contribution is -0.127. The van der Waals surface area contributed by atoms with E-state index in [-0.39, 0.29) is 24.2 Å². The minimum absolute atomic E-state index is 0.0784. The Labute approximate surface area is 207 Å². The van der Waals surface area contributed by atoms with Gasteiger partial charge in [0.05, 0.1) is 17.2 Å². The fourth-order valence-corrected chi connectivity index (χ4v) is 4.30. The van der Waals surface area contributed by atoms with Crippen molar-refractivity contribution in [1.29, 1.82) is 0 Å². The summed E-state index contributed by atoms with van der Waals surface area (Å²) >= 11 is 1.58. The minimum Gasteiger partial charge on any atom is -0.487 e. The number of hydrogen-bond donors (Lipinski definition) is 1. The molecule has 3 aromatic rings. The highest BCUT2D eigenvalue weighted by Gasteiger charge is 2.21. The molecule has 0 saturated carbocycles. The Morgan fingerprint density at radius 1 is 1.11 bits per heavy atom. The quantitative estimate of drug-likeness (QED) is 0.480. The lowest BCUT2D eigenvalue weighted by atomic mass is 10.2. The number of halogens is 1. The largest absolute Gasteiger partial charge is 0.487 e. The molecule has 2 amide bonds. The number of amides is 2. The molecule has 1 aliphatic rings. The summed E-state index contributed by atoms with van der Waals surface area (Å²) in [5.74, 6) is 0.102. The van der Waals surface area contributed by atoms with Gasteiger partial charge in [-0.2, -0.15) is 0 Å². The van der Waals surface area contributed by atoms with Crippen LogP contribution in [0.3, 0.4) is 0 Å². The third-order valence-corrected chi connectivity index (χ3v) is 6.37. The number of carbonyl (C=O) groups excluding carboxylic acids is 2. The van der Waals surface area contributed by atoms with Crippen molar-refractivity contribution in [2.24, 2.45) is 0 Å². The van der Waals surface area contributed by atoms with Crippen LogP contribution in [-0.2, 0) is 16.2 Å². The van der Waals surface area contributed by atoms with Gasteiger partial charge in [0.15, 0.2) is 0 Å². The van der Waals surface area contributed by atoms with Gasteiger partial charge in [-0.3, -0.25) is 14.5 Å². The first-order valence-corrected chi connectivity index (χ1v) is 12.2. The number of thiazole rings is 1. The molecule has 1 N–H and O–H groups in total. The van der Waals surface area contributed by atoms with Crippen LogP contribution in [-0.4, -0.2) is 59.3 Å². The standard InChI is InChI=1S/C26H27FN4O3S/c1-19-28-23(18-35-19)17-34-24-5-3-2-4-20(24)6-11-26(33)31-14-12-30(13-15-31)16-25(32)29-22-9-7-21(27)8-10-22/h2-11,18H,12-17H2,1H3,(H,29,32)/b11-6+. The monoisotopic (exact) mass is 494 g/mol. The van der Waals surface area contributed by atoms with E-state index in [0.29, 0.717) is 44.2 Å². The Balaban J connectivity index is 1.25. The zero-order valence-corrected chi connectivity index (χ0v) is 20.3. The highest BCUT2D eigenvalue weighted by atomic mass is 32.1. The van der Waals surface area contributed by atoms with Gasteiger partial charge in [0.25, 0.3) is 0 Å². The van der Waals surface area contributed by atoms with Crippen molar-refractivity contribution in [2.45, 2.75) is 13.5 Å². The summed E-state index contributed by atoms with van der Waals surface area (Å²) < 4.78 is 18.9. The lowest BCUT2D eigenvalue weighted by Gasteiger charge is -2.33. The van der Waals surface area contributed by atoms with Gasteiger partial charge in [-0.25, -0.2) is 9.37 Å². The molecular weight excluding hydrogens is 467 g/mol. The lowest BCUT2D eigenvalue weighted by Crippen LogP contribution is -2.50. The molecule has 1 saturated heterocycles. The fourth-order valence-electron chi connectivity index (χ4n) is 3.71. The third kappa shape index (κ3) is 7.21. The number of hydrogen-bond acceptors (Lipinski definition) is 6. The maximum atomic E-state index is 13.0. The van der Waals surface area contributed by atoms with Gasteiger partial charge in [0, 0.05) is 48.9 Å². The average molecular weight is 495 g/mol. The molecule has 1 aromatic heterocycles. The number of piperazine rings is 1. The number of nitrogens with zero attached hydrogens (tertiary/aromatic N) is 3. The van der Waals surface area contributed by atoms with Gasteiger partial charge >= 0.3 is 0 Å². The number of anilines is 1. The topological polar surface area (TPSA) is 74.8 Å². The summed E-state index contributed by atoms with van der Waals surface area (Å²) in [6, 6.07) is 13.2. The Bertz CT molecular complexity index is 1190. The molecule has 9 heteroatoms. The first-order chi connectivity index (χ1) is 17.0. The van der Waals surface area contributed by atoms with E-state index >= 15 is 0 Å². The van der Waals surface area contributed by atoms with E-state index in [2.05, 4.69) is 10.3 Å². The summed E-state index contributed by atoms with van der Waals surface area (Å²) in [6.45, 7) is 4.83. The SMILES string of the molecule is Cc1nc(COc2ccccc2/C=C/C(=O)N2CCN(CC(=O)Nc3ccc(F)cc3)CC2)cs1. The Hall–Kier alpha value is -3.56. The van der Waals surface area contributed by atoms with Crippen LogP contribution in [0.5, 0.6) is 5.75 Å². The molecule has 0 atom stereocenters. The van der Waals surface area contributed by atoms with Crippen molar-refractivity contribution in [3.63, 3.8) is 0 Å². The number of ether oxygens (including phenoxy) is 1. The summed E-state index contributed by atoms with van der Waals surface area (Å²) in [6.07, 6.45) is 3.33. The summed E-state index contributed by atoms with van der Waals surface area (Å²) in [5.41, 5.74) is 2.26. The number of carbonyl (C=O) groups is 2. The average Bonchev–Trinajstić information content (AvgIpc) is 3.28. The van der Waals surface area contributed by atoms with Crippen LogP contribution in [0.1, 0.15) is 16.3 Å². The molecule has 182 valence electrons. The molecule has 0 bridgehead atoms. The smallest absolute Gasteiger partial charge is 0.246 e. The van der Waals surface area contributed by atoms with E-state index in [1.54, 1.807) is 28.4 Å². The van der Waals surface area contributed by atoms with E-state index in [9.17, 15) is 14.0 Å². The van der Waals surface area contributed by atoms with Crippen molar-refractivity contribution in [2.75, 3.05) is 38.0 Å². The number of aromatic nitrogens is 1. The van der Waals surface area contributed by atoms with Crippen molar-refractivity contribution < 1.29 is 18.7 Å². The van der Waals surface area contributed by atoms with E-state index in [4.69, 9.17) is 4.74 Å². The van der Waals surface area contributed by atoms with Crippen LogP contribution >= 0.6 is 11.3 Å². The first-order valence-electron chi connectivity index (χ1n) is 11.3. The predicted molar refractivity (Wildman–Crippen MR) is 135 cm³/mol. The number of benzene rings is 2. The maximum absolute atomic E-state index is 13.0. The van der Waals surface area contributed by atoms with Gasteiger partial charge in [-0.1, -0.05) is 18.2 Å². The number of rotatable bonds is 8. The van der Waals surface area contributed by atoms with E-state index in [1.165, 1.54) is 24.3 Å². The predicted octanol–water partition coefficient (Wildman–Crippen LogP) is 3.97. The van der Waals surface area contributed by atoms with E-state index in [1.807, 2.05) is 41.5 Å². The van der Waals surface area contributed by atoms with Gasteiger partial charge in [0.2, 0.25) is 11.8 Å². The summed E-state index contributed by atoms with van der Waals surface area (Å²) in [4.78, 5) is 33.2. The van der Waals surface area contributed by atoms with Crippen molar-refractivity contribution in [3.8, 4) is 5.75 Å². The van der Waals surface area contributed by atoms with Gasteiger partial charge in [-0.15, -0.1) is 11.3 Å². The zero-order valence-electron chi connectivity index (χ0n) is 19.4. The molecule has 4 rings (SSSR count). The highest BCUT2D eigenvalue weighted by Crippen LogP contribution is 2.21. The second-order valence-corrected chi connectivity index (χ2v) is 9.24. The second-order valence-electron chi connectivity index (χ2n) is 8.17. The normalized spacial score (nSPS) is 14.3. The van der Waals surface area contributed by atoms with Crippen LogP contribution < -0.4 is 10.1 Å². The second kappa shape index (κ2) is 11.7. The maximum Gasteiger partial charge on any atom is 0.246 e. The van der Waals surface area contributed by atoms with Gasteiger partial charge < -0.3 is 15.0 Å². The Morgan fingerprint density at radius 3 is 2.57 bits per heavy atom. The molecular formula is C26H27FN4O3S. The number of nitrogens with one attached hydrogen (secondary N) is 1. The van der Waals surface area contributed by atoms with Crippen molar-refractivity contribution >= 4 is 34.9 Å². The van der Waals surface area contributed by atoms with Crippen LogP contribution in [0.15, 0.2) is 60.0 Å². The van der Waals surface area contributed by atoms with Crippen LogP contribution in [0, 0.1) is 12.7 Å². The molecule has 0 aliphatic carbocycles. The third-order valence-electron chi connectivity index (χ3n) is 5.55. The Kier molecular flexibility index (Phi) is 8.23. The van der Waals surface area contributed by atoms with Crippen molar-refractivity contribution in [1.82, 2.24) is 14.8 Å². The number of para-hydroxylation sites is 1. The van der Waals surface area contributed by atoms with Crippen LogP contribution in [0.4, 0.5) is 10.1 Å². The summed E-state index contributed by atoms with van der Waals surface area (Å²) in [7, 11) is 0. The number of aryl methyl sites for hydroxylation is 1. The molecule has 0 radical (unpaired) electrons. The van der Waals surface area contributed by atoms with Crippen LogP contribution in [0.25, 0.3) is 6.08 Å². The first kappa shape index (κ1) is 24.6. The van der Waals surface area contributed by atoms with Gasteiger partial charge in [0.1, 0.15) is 18.2 Å². The van der Waals surface area contributed by atoms with E-state index < -0.39 is 0 Å². The molecule has 2 heterocycles. The van der Waals surface area contributed by atoms with E-state index in [0.717, 1.165) is 16.3 Å². The molecule has 2 aromatic carbocycles. The minimum atomic E-state index is -0.348. The highest BCUT2D eigenvalue weighted by molar-refractivity contribution is 7.09.